The fraction of sp³-hybridized carbons (Fsp3) is 0.250. The Morgan fingerprint density at radius 1 is 1.39 bits per heavy atom. The van der Waals surface area contributed by atoms with Crippen LogP contribution in [0.25, 0.3) is 0 Å². The lowest BCUT2D eigenvalue weighted by Gasteiger charge is -2.13. The van der Waals surface area contributed by atoms with E-state index in [4.69, 9.17) is 0 Å². The first-order valence-corrected chi connectivity index (χ1v) is 5.07. The Balaban J connectivity index is 3.07. The van der Waals surface area contributed by atoms with Gasteiger partial charge in [0.05, 0.1) is 12.7 Å². The maximum absolute atomic E-state index is 12.7. The van der Waals surface area contributed by atoms with E-state index in [1.54, 1.807) is 6.92 Å². The second-order valence-corrected chi connectivity index (χ2v) is 3.40. The summed E-state index contributed by atoms with van der Waals surface area (Å²) in [6, 6.07) is 3.34. The summed E-state index contributed by atoms with van der Waals surface area (Å²) in [7, 11) is 1.16. The van der Waals surface area contributed by atoms with Gasteiger partial charge in [0, 0.05) is 5.69 Å². The fourth-order valence-electron chi connectivity index (χ4n) is 1.34. The average molecular weight is 259 g/mol. The summed E-state index contributed by atoms with van der Waals surface area (Å²) in [5.74, 6) is -0.776. The number of rotatable bonds is 3. The molecule has 98 valence electrons. The summed E-state index contributed by atoms with van der Waals surface area (Å²) < 4.78 is 42.7. The van der Waals surface area contributed by atoms with Crippen LogP contribution in [0.3, 0.4) is 0 Å². The van der Waals surface area contributed by atoms with Crippen LogP contribution in [-0.4, -0.2) is 13.0 Å². The highest BCUT2D eigenvalue weighted by Crippen LogP contribution is 2.37. The van der Waals surface area contributed by atoms with Gasteiger partial charge < -0.3 is 10.1 Å². The Bertz CT molecular complexity index is 467. The zero-order valence-electron chi connectivity index (χ0n) is 9.84. The van der Waals surface area contributed by atoms with Crippen molar-refractivity contribution < 1.29 is 22.7 Å². The SMILES string of the molecule is CC=CC(=O)Nc1ccc(OC)c(C(F)(F)F)c1. The summed E-state index contributed by atoms with van der Waals surface area (Å²) in [6.45, 7) is 1.63. The molecule has 0 radical (unpaired) electrons. The second kappa shape index (κ2) is 5.57. The molecule has 0 aliphatic heterocycles. The molecule has 0 aromatic heterocycles. The Labute approximate surface area is 102 Å². The molecule has 0 spiro atoms. The molecule has 0 aliphatic rings. The van der Waals surface area contributed by atoms with Gasteiger partial charge in [0.25, 0.3) is 0 Å². The normalized spacial score (nSPS) is 11.6. The van der Waals surface area contributed by atoms with Gasteiger partial charge in [-0.25, -0.2) is 0 Å². The highest BCUT2D eigenvalue weighted by Gasteiger charge is 2.34. The molecule has 1 aromatic rings. The van der Waals surface area contributed by atoms with Crippen LogP contribution >= 0.6 is 0 Å². The second-order valence-electron chi connectivity index (χ2n) is 3.40. The number of hydrogen-bond donors (Lipinski definition) is 1. The van der Waals surface area contributed by atoms with E-state index >= 15 is 0 Å². The van der Waals surface area contributed by atoms with Gasteiger partial charge in [0.15, 0.2) is 0 Å². The first kappa shape index (κ1) is 14.1. The Morgan fingerprint density at radius 3 is 2.56 bits per heavy atom. The zero-order valence-corrected chi connectivity index (χ0v) is 9.84. The molecule has 0 aliphatic carbocycles. The minimum absolute atomic E-state index is 0.0613. The molecule has 1 amide bonds. The molecule has 3 nitrogen and oxygen atoms in total. The molecule has 1 aromatic carbocycles. The highest BCUT2D eigenvalue weighted by molar-refractivity contribution is 5.99. The van der Waals surface area contributed by atoms with Crippen molar-refractivity contribution in [3.63, 3.8) is 0 Å². The van der Waals surface area contributed by atoms with Crippen LogP contribution in [0.2, 0.25) is 0 Å². The molecule has 0 saturated heterocycles. The third-order valence-corrected chi connectivity index (χ3v) is 2.09. The van der Waals surface area contributed by atoms with Crippen molar-refractivity contribution in [3.05, 3.63) is 35.9 Å². The molecule has 0 atom stereocenters. The average Bonchev–Trinajstić information content (AvgIpc) is 2.28. The number of carbonyl (C=O) groups excluding carboxylic acids is 1. The number of alkyl halides is 3. The molecule has 1 N–H and O–H groups in total. The molecule has 0 heterocycles. The van der Waals surface area contributed by atoms with Crippen LogP contribution in [0.4, 0.5) is 18.9 Å². The summed E-state index contributed by atoms with van der Waals surface area (Å²) in [4.78, 5) is 11.2. The third-order valence-electron chi connectivity index (χ3n) is 2.09. The van der Waals surface area contributed by atoms with Crippen molar-refractivity contribution in [1.29, 1.82) is 0 Å². The Morgan fingerprint density at radius 2 is 2.06 bits per heavy atom. The molecule has 0 saturated carbocycles. The first-order chi connectivity index (χ1) is 8.38. The number of methoxy groups -OCH3 is 1. The van der Waals surface area contributed by atoms with Crippen LogP contribution in [0, 0.1) is 0 Å². The van der Waals surface area contributed by atoms with Crippen molar-refractivity contribution in [2.75, 3.05) is 12.4 Å². The third kappa shape index (κ3) is 3.51. The number of anilines is 1. The minimum atomic E-state index is -4.54. The van der Waals surface area contributed by atoms with E-state index in [1.165, 1.54) is 18.2 Å². The summed E-state index contributed by atoms with van der Waals surface area (Å²) in [5.41, 5.74) is -0.866. The molecule has 6 heteroatoms. The number of carbonyl (C=O) groups is 1. The first-order valence-electron chi connectivity index (χ1n) is 5.07. The number of halogens is 3. The number of benzene rings is 1. The maximum Gasteiger partial charge on any atom is 0.420 e. The highest BCUT2D eigenvalue weighted by atomic mass is 19.4. The largest absolute Gasteiger partial charge is 0.496 e. The fourth-order valence-corrected chi connectivity index (χ4v) is 1.34. The van der Waals surface area contributed by atoms with Crippen molar-refractivity contribution in [2.24, 2.45) is 0 Å². The van der Waals surface area contributed by atoms with Gasteiger partial charge >= 0.3 is 6.18 Å². The molecule has 0 bridgehead atoms. The van der Waals surface area contributed by atoms with Gasteiger partial charge in [0.2, 0.25) is 5.91 Å². The van der Waals surface area contributed by atoms with Crippen molar-refractivity contribution >= 4 is 11.6 Å². The maximum atomic E-state index is 12.7. The van der Waals surface area contributed by atoms with E-state index in [-0.39, 0.29) is 11.4 Å². The number of ether oxygens (including phenoxy) is 1. The van der Waals surface area contributed by atoms with Gasteiger partial charge in [-0.2, -0.15) is 13.2 Å². The summed E-state index contributed by atoms with van der Waals surface area (Å²) in [5, 5.41) is 2.33. The Kier molecular flexibility index (Phi) is 4.36. The Hall–Kier alpha value is -1.98. The summed E-state index contributed by atoms with van der Waals surface area (Å²) in [6.07, 6.45) is -1.83. The number of allylic oxidation sites excluding steroid dienone is 1. The zero-order chi connectivity index (χ0) is 13.8. The van der Waals surface area contributed by atoms with E-state index in [0.717, 1.165) is 19.2 Å². The topological polar surface area (TPSA) is 38.3 Å². The number of hydrogen-bond acceptors (Lipinski definition) is 2. The van der Waals surface area contributed by atoms with E-state index < -0.39 is 17.6 Å². The molecular weight excluding hydrogens is 247 g/mol. The van der Waals surface area contributed by atoms with Crippen LogP contribution in [0.5, 0.6) is 5.75 Å². The lowest BCUT2D eigenvalue weighted by atomic mass is 10.1. The molecular formula is C12H12F3NO2. The van der Waals surface area contributed by atoms with Crippen LogP contribution in [0.1, 0.15) is 12.5 Å². The van der Waals surface area contributed by atoms with E-state index in [1.807, 2.05) is 0 Å². The van der Waals surface area contributed by atoms with Gasteiger partial charge in [-0.1, -0.05) is 6.08 Å². The van der Waals surface area contributed by atoms with E-state index in [0.29, 0.717) is 0 Å². The number of nitrogens with one attached hydrogen (secondary N) is 1. The summed E-state index contributed by atoms with van der Waals surface area (Å²) >= 11 is 0. The molecule has 1 rings (SSSR count). The minimum Gasteiger partial charge on any atom is -0.496 e. The van der Waals surface area contributed by atoms with E-state index in [9.17, 15) is 18.0 Å². The lowest BCUT2D eigenvalue weighted by Crippen LogP contribution is -2.11. The lowest BCUT2D eigenvalue weighted by molar-refractivity contribution is -0.138. The van der Waals surface area contributed by atoms with Crippen molar-refractivity contribution in [2.45, 2.75) is 13.1 Å². The standard InChI is InChI=1S/C12H12F3NO2/c1-3-4-11(17)16-8-5-6-10(18-2)9(7-8)12(13,14)15/h3-7H,1-2H3,(H,16,17). The predicted octanol–water partition coefficient (Wildman–Crippen LogP) is 3.23. The quantitative estimate of drug-likeness (QED) is 0.846. The molecule has 18 heavy (non-hydrogen) atoms. The molecule has 0 unspecified atom stereocenters. The monoisotopic (exact) mass is 259 g/mol. The molecule has 0 fully saturated rings. The van der Waals surface area contributed by atoms with Gasteiger partial charge in [-0.15, -0.1) is 0 Å². The predicted molar refractivity (Wildman–Crippen MR) is 61.4 cm³/mol. The number of amides is 1. The van der Waals surface area contributed by atoms with E-state index in [2.05, 4.69) is 10.1 Å². The van der Waals surface area contributed by atoms with Crippen molar-refractivity contribution in [3.8, 4) is 5.75 Å². The van der Waals surface area contributed by atoms with Gasteiger partial charge in [-0.3, -0.25) is 4.79 Å². The van der Waals surface area contributed by atoms with Crippen molar-refractivity contribution in [1.82, 2.24) is 0 Å². The van der Waals surface area contributed by atoms with Gasteiger partial charge in [0.1, 0.15) is 5.75 Å². The smallest absolute Gasteiger partial charge is 0.420 e. The van der Waals surface area contributed by atoms with Gasteiger partial charge in [-0.05, 0) is 31.2 Å². The van der Waals surface area contributed by atoms with Crippen LogP contribution in [-0.2, 0) is 11.0 Å². The van der Waals surface area contributed by atoms with Crippen LogP contribution < -0.4 is 10.1 Å². The van der Waals surface area contributed by atoms with Crippen LogP contribution in [0.15, 0.2) is 30.4 Å².